The summed E-state index contributed by atoms with van der Waals surface area (Å²) in [5.41, 5.74) is 3.74. The molecule has 10 heteroatoms. The van der Waals surface area contributed by atoms with E-state index in [2.05, 4.69) is 46.3 Å². The van der Waals surface area contributed by atoms with E-state index < -0.39 is 4.92 Å². The predicted molar refractivity (Wildman–Crippen MR) is 118 cm³/mol. The summed E-state index contributed by atoms with van der Waals surface area (Å²) >= 11 is 0. The van der Waals surface area contributed by atoms with E-state index in [-0.39, 0.29) is 18.3 Å². The van der Waals surface area contributed by atoms with Crippen LogP contribution in [0.2, 0.25) is 0 Å². The topological polar surface area (TPSA) is 102 Å². The molecule has 1 saturated heterocycles. The molecule has 0 aliphatic carbocycles. The van der Waals surface area contributed by atoms with Crippen molar-refractivity contribution in [3.05, 3.63) is 74.9 Å². The summed E-state index contributed by atoms with van der Waals surface area (Å²) < 4.78 is 3.10. The minimum Gasteiger partial charge on any atom is -0.335 e. The summed E-state index contributed by atoms with van der Waals surface area (Å²) in [6.07, 6.45) is 1.70. The number of carbonyl (C=O) groups is 1. The summed E-state index contributed by atoms with van der Waals surface area (Å²) in [6, 6.07) is 10.2. The van der Waals surface area contributed by atoms with Crippen LogP contribution in [0.25, 0.3) is 0 Å². The first-order valence-corrected chi connectivity index (χ1v) is 10.6. The van der Waals surface area contributed by atoms with Gasteiger partial charge in [0.15, 0.2) is 0 Å². The highest BCUT2D eigenvalue weighted by Crippen LogP contribution is 2.21. The van der Waals surface area contributed by atoms with Crippen LogP contribution in [-0.4, -0.2) is 66.4 Å². The van der Waals surface area contributed by atoms with Crippen molar-refractivity contribution in [2.75, 3.05) is 26.2 Å². The Balaban J connectivity index is 1.35. The van der Waals surface area contributed by atoms with Gasteiger partial charge in [0.25, 0.3) is 5.91 Å². The average Bonchev–Trinajstić information content (AvgIpc) is 3.32. The summed E-state index contributed by atoms with van der Waals surface area (Å²) in [5.74, 6) is -0.0988. The molecule has 0 radical (unpaired) electrons. The lowest BCUT2D eigenvalue weighted by Crippen LogP contribution is -2.48. The molecule has 0 spiro atoms. The van der Waals surface area contributed by atoms with Crippen molar-refractivity contribution < 1.29 is 9.72 Å². The van der Waals surface area contributed by atoms with E-state index in [1.165, 1.54) is 15.8 Å². The molecule has 4 rings (SSSR count). The SMILES string of the molecule is Cc1cccc(CN2CCN(C(=O)c3ccn(Cn4nc(C)c([N+](=O)[O-])c4C)n3)CC2)c1. The zero-order chi connectivity index (χ0) is 22.8. The summed E-state index contributed by atoms with van der Waals surface area (Å²) in [6.45, 7) is 9.39. The molecule has 1 fully saturated rings. The standard InChI is InChI=1S/C22H27N7O3/c1-16-5-4-6-19(13-16)14-25-9-11-26(12-10-25)22(30)20-7-8-27(24-20)15-28-18(3)21(29(31)32)17(2)23-28/h4-8,13H,9-12,14-15H2,1-3H3. The number of benzene rings is 1. The highest BCUT2D eigenvalue weighted by Gasteiger charge is 2.25. The largest absolute Gasteiger partial charge is 0.335 e. The van der Waals surface area contributed by atoms with Crippen LogP contribution in [0.3, 0.4) is 0 Å². The highest BCUT2D eigenvalue weighted by molar-refractivity contribution is 5.92. The lowest BCUT2D eigenvalue weighted by molar-refractivity contribution is -0.386. The number of amides is 1. The monoisotopic (exact) mass is 437 g/mol. The first kappa shape index (κ1) is 21.7. The molecule has 168 valence electrons. The van der Waals surface area contributed by atoms with Crippen molar-refractivity contribution in [3.63, 3.8) is 0 Å². The molecule has 1 aromatic carbocycles. The van der Waals surface area contributed by atoms with Crippen molar-refractivity contribution in [1.29, 1.82) is 0 Å². The highest BCUT2D eigenvalue weighted by atomic mass is 16.6. The summed E-state index contributed by atoms with van der Waals surface area (Å²) in [5, 5.41) is 19.8. The molecule has 0 unspecified atom stereocenters. The molecule has 3 heterocycles. The van der Waals surface area contributed by atoms with Crippen LogP contribution in [0, 0.1) is 30.9 Å². The van der Waals surface area contributed by atoms with Crippen LogP contribution in [-0.2, 0) is 13.2 Å². The van der Waals surface area contributed by atoms with Gasteiger partial charge in [-0.25, -0.2) is 4.68 Å². The lowest BCUT2D eigenvalue weighted by atomic mass is 10.1. The van der Waals surface area contributed by atoms with Crippen LogP contribution in [0.4, 0.5) is 5.69 Å². The Morgan fingerprint density at radius 3 is 2.50 bits per heavy atom. The number of hydrogen-bond donors (Lipinski definition) is 0. The van der Waals surface area contributed by atoms with Gasteiger partial charge < -0.3 is 4.90 Å². The summed E-state index contributed by atoms with van der Waals surface area (Å²) in [4.78, 5) is 27.9. The van der Waals surface area contributed by atoms with E-state index in [9.17, 15) is 14.9 Å². The van der Waals surface area contributed by atoms with Gasteiger partial charge in [0.2, 0.25) is 0 Å². The molecule has 1 aliphatic heterocycles. The molecule has 0 saturated carbocycles. The molecule has 3 aromatic rings. The lowest BCUT2D eigenvalue weighted by Gasteiger charge is -2.34. The van der Waals surface area contributed by atoms with Crippen molar-refractivity contribution >= 4 is 11.6 Å². The van der Waals surface area contributed by atoms with Crippen LogP contribution in [0.1, 0.15) is 33.0 Å². The Labute approximate surface area is 186 Å². The van der Waals surface area contributed by atoms with Crippen LogP contribution < -0.4 is 0 Å². The fourth-order valence-electron chi connectivity index (χ4n) is 4.12. The molecule has 1 aliphatic rings. The number of aromatic nitrogens is 4. The Morgan fingerprint density at radius 2 is 1.84 bits per heavy atom. The fraction of sp³-hybridized carbons (Fsp3) is 0.409. The molecule has 10 nitrogen and oxygen atoms in total. The first-order chi connectivity index (χ1) is 15.3. The zero-order valence-corrected chi connectivity index (χ0v) is 18.6. The number of nitrogens with zero attached hydrogens (tertiary/aromatic N) is 7. The maximum absolute atomic E-state index is 12.9. The van der Waals surface area contributed by atoms with Crippen molar-refractivity contribution in [2.24, 2.45) is 0 Å². The summed E-state index contributed by atoms with van der Waals surface area (Å²) in [7, 11) is 0. The average molecular weight is 438 g/mol. The van der Waals surface area contributed by atoms with Gasteiger partial charge in [0.05, 0.1) is 4.92 Å². The van der Waals surface area contributed by atoms with Crippen molar-refractivity contribution in [2.45, 2.75) is 34.0 Å². The number of aryl methyl sites for hydroxylation is 2. The number of carbonyl (C=O) groups excluding carboxylic acids is 1. The second-order valence-electron chi connectivity index (χ2n) is 8.22. The predicted octanol–water partition coefficient (Wildman–Crippen LogP) is 2.38. The minimum absolute atomic E-state index is 0.0111. The van der Waals surface area contributed by atoms with E-state index in [4.69, 9.17) is 0 Å². The van der Waals surface area contributed by atoms with Gasteiger partial charge in [-0.2, -0.15) is 10.2 Å². The number of rotatable bonds is 6. The van der Waals surface area contributed by atoms with Gasteiger partial charge in [-0.05, 0) is 32.4 Å². The van der Waals surface area contributed by atoms with Crippen molar-refractivity contribution in [3.8, 4) is 0 Å². The Bertz CT molecular complexity index is 1140. The van der Waals surface area contributed by atoms with Gasteiger partial charge >= 0.3 is 5.69 Å². The quantitative estimate of drug-likeness (QED) is 0.433. The van der Waals surface area contributed by atoms with E-state index in [0.717, 1.165) is 19.6 Å². The van der Waals surface area contributed by atoms with Gasteiger partial charge in [-0.1, -0.05) is 29.8 Å². The van der Waals surface area contributed by atoms with E-state index in [1.54, 1.807) is 30.8 Å². The Kier molecular flexibility index (Phi) is 6.04. The number of piperazine rings is 1. The van der Waals surface area contributed by atoms with Crippen LogP contribution >= 0.6 is 0 Å². The normalized spacial score (nSPS) is 14.7. The third-order valence-electron chi connectivity index (χ3n) is 5.81. The number of nitro groups is 1. The maximum Gasteiger partial charge on any atom is 0.312 e. The van der Waals surface area contributed by atoms with Crippen LogP contribution in [0.5, 0.6) is 0 Å². The molecular weight excluding hydrogens is 410 g/mol. The van der Waals surface area contributed by atoms with E-state index in [1.807, 2.05) is 4.90 Å². The molecule has 2 aromatic heterocycles. The van der Waals surface area contributed by atoms with Crippen LogP contribution in [0.15, 0.2) is 36.5 Å². The third kappa shape index (κ3) is 4.54. The zero-order valence-electron chi connectivity index (χ0n) is 18.6. The van der Waals surface area contributed by atoms with Gasteiger partial charge in [-0.3, -0.25) is 24.5 Å². The fourth-order valence-corrected chi connectivity index (χ4v) is 4.12. The van der Waals surface area contributed by atoms with Crippen molar-refractivity contribution in [1.82, 2.24) is 29.4 Å². The van der Waals surface area contributed by atoms with Gasteiger partial charge in [0, 0.05) is 38.9 Å². The first-order valence-electron chi connectivity index (χ1n) is 10.6. The maximum atomic E-state index is 12.9. The molecular formula is C22H27N7O3. The minimum atomic E-state index is -0.426. The van der Waals surface area contributed by atoms with E-state index in [0.29, 0.717) is 30.2 Å². The molecule has 1 amide bonds. The Morgan fingerprint density at radius 1 is 1.09 bits per heavy atom. The second kappa shape index (κ2) is 8.91. The second-order valence-corrected chi connectivity index (χ2v) is 8.22. The third-order valence-corrected chi connectivity index (χ3v) is 5.81. The number of hydrogen-bond acceptors (Lipinski definition) is 6. The van der Waals surface area contributed by atoms with Gasteiger partial charge in [0.1, 0.15) is 23.8 Å². The van der Waals surface area contributed by atoms with E-state index >= 15 is 0 Å². The molecule has 32 heavy (non-hydrogen) atoms. The molecule has 0 N–H and O–H groups in total. The smallest absolute Gasteiger partial charge is 0.312 e. The molecule has 0 atom stereocenters. The van der Waals surface area contributed by atoms with Gasteiger partial charge in [-0.15, -0.1) is 0 Å². The molecule has 0 bridgehead atoms. The Hall–Kier alpha value is -3.53.